The van der Waals surface area contributed by atoms with Crippen LogP contribution in [0.4, 0.5) is 4.39 Å². The Bertz CT molecular complexity index is 883. The molecule has 96 valence electrons. The van der Waals surface area contributed by atoms with Crippen molar-refractivity contribution in [2.45, 2.75) is 20.3 Å². The highest BCUT2D eigenvalue weighted by Crippen LogP contribution is 2.32. The lowest BCUT2D eigenvalue weighted by Crippen LogP contribution is -2.23. The summed E-state index contributed by atoms with van der Waals surface area (Å²) < 4.78 is 13.6. The Morgan fingerprint density at radius 3 is 2.95 bits per heavy atom. The molecule has 3 nitrogen and oxygen atoms in total. The predicted octanol–water partition coefficient (Wildman–Crippen LogP) is 2.83. The summed E-state index contributed by atoms with van der Waals surface area (Å²) in [6.07, 6.45) is 4.82. The van der Waals surface area contributed by atoms with Gasteiger partial charge >= 0.3 is 0 Å². The second kappa shape index (κ2) is 3.26. The van der Waals surface area contributed by atoms with Crippen LogP contribution in [-0.4, -0.2) is 15.2 Å². The first-order valence-electron chi connectivity index (χ1n) is 6.40. The third-order valence-electron chi connectivity index (χ3n) is 3.79. The lowest BCUT2D eigenvalue weighted by molar-refractivity contribution is 0.500. The molecule has 0 unspecified atom stereocenters. The molecule has 0 fully saturated rings. The van der Waals surface area contributed by atoms with E-state index in [0.717, 1.165) is 39.1 Å². The Morgan fingerprint density at radius 1 is 1.26 bits per heavy atom. The summed E-state index contributed by atoms with van der Waals surface area (Å²) in [5.74, 6) is -0.241. The zero-order valence-corrected chi connectivity index (χ0v) is 10.8. The van der Waals surface area contributed by atoms with Gasteiger partial charge in [-0.1, -0.05) is 19.9 Å². The van der Waals surface area contributed by atoms with Crippen molar-refractivity contribution in [2.75, 3.05) is 0 Å². The minimum Gasteiger partial charge on any atom is -0.355 e. The average molecular weight is 255 g/mol. The zero-order chi connectivity index (χ0) is 13.2. The molecular weight excluding hydrogens is 241 g/mol. The summed E-state index contributed by atoms with van der Waals surface area (Å²) in [5.41, 5.74) is 2.01. The molecule has 2 heterocycles. The van der Waals surface area contributed by atoms with Gasteiger partial charge in [-0.15, -0.1) is 0 Å². The van der Waals surface area contributed by atoms with E-state index in [2.05, 4.69) is 35.1 Å². The van der Waals surface area contributed by atoms with Crippen molar-refractivity contribution >= 4 is 27.8 Å². The number of benzene rings is 1. The Morgan fingerprint density at radius 2 is 2.11 bits per heavy atom. The van der Waals surface area contributed by atoms with Crippen molar-refractivity contribution in [3.05, 3.63) is 35.2 Å². The van der Waals surface area contributed by atoms with Crippen LogP contribution < -0.4 is 5.35 Å². The van der Waals surface area contributed by atoms with E-state index in [1.807, 2.05) is 0 Å². The van der Waals surface area contributed by atoms with Gasteiger partial charge in [-0.2, -0.15) is 5.10 Å². The van der Waals surface area contributed by atoms with Crippen LogP contribution in [0.1, 0.15) is 19.5 Å². The number of rotatable bonds is 0. The number of hydrogen-bond donors (Lipinski definition) is 2. The maximum absolute atomic E-state index is 13.6. The van der Waals surface area contributed by atoms with Gasteiger partial charge in [0.2, 0.25) is 0 Å². The van der Waals surface area contributed by atoms with E-state index in [1.165, 1.54) is 6.07 Å². The van der Waals surface area contributed by atoms with E-state index in [0.29, 0.717) is 0 Å². The minimum atomic E-state index is -0.241. The normalized spacial score (nSPS) is 16.8. The van der Waals surface area contributed by atoms with Gasteiger partial charge in [-0.05, 0) is 24.0 Å². The molecule has 0 radical (unpaired) electrons. The molecule has 4 rings (SSSR count). The average Bonchev–Trinajstić information content (AvgIpc) is 2.53. The van der Waals surface area contributed by atoms with Crippen LogP contribution in [0, 0.1) is 11.2 Å². The van der Waals surface area contributed by atoms with E-state index in [4.69, 9.17) is 0 Å². The summed E-state index contributed by atoms with van der Waals surface area (Å²) in [5, 5.41) is 11.4. The monoisotopic (exact) mass is 255 g/mol. The molecule has 0 atom stereocenters. The standard InChI is InChI=1S/C15H14FN3/c1-15(2)5-11-14-12(6-15)19-17-7-8-3-9(16)4-10(18-11)13(8)14/h3-5,7,18-19H,6H2,1-2H3. The van der Waals surface area contributed by atoms with Crippen LogP contribution in [0.2, 0.25) is 0 Å². The molecule has 19 heavy (non-hydrogen) atoms. The highest BCUT2D eigenvalue weighted by atomic mass is 19.1. The molecule has 1 aliphatic rings. The lowest BCUT2D eigenvalue weighted by atomic mass is 9.83. The zero-order valence-electron chi connectivity index (χ0n) is 10.8. The summed E-state index contributed by atoms with van der Waals surface area (Å²) in [6, 6.07) is 3.08. The van der Waals surface area contributed by atoms with Gasteiger partial charge in [0.15, 0.2) is 0 Å². The van der Waals surface area contributed by atoms with Crippen molar-refractivity contribution in [2.24, 2.45) is 5.41 Å². The number of nitrogens with one attached hydrogen (secondary N) is 2. The Kier molecular flexibility index (Phi) is 1.85. The van der Waals surface area contributed by atoms with Gasteiger partial charge in [0.25, 0.3) is 0 Å². The molecule has 0 saturated heterocycles. The predicted molar refractivity (Wildman–Crippen MR) is 73.9 cm³/mol. The summed E-state index contributed by atoms with van der Waals surface area (Å²) >= 11 is 0. The van der Waals surface area contributed by atoms with Crippen LogP contribution in [0.3, 0.4) is 0 Å². The third kappa shape index (κ3) is 1.46. The van der Waals surface area contributed by atoms with E-state index < -0.39 is 0 Å². The molecule has 0 saturated carbocycles. The van der Waals surface area contributed by atoms with Crippen LogP contribution in [0.15, 0.2) is 18.3 Å². The Labute approximate surface area is 109 Å². The smallest absolute Gasteiger partial charge is 0.125 e. The maximum Gasteiger partial charge on any atom is 0.125 e. The van der Waals surface area contributed by atoms with Crippen molar-refractivity contribution < 1.29 is 4.39 Å². The topological polar surface area (TPSA) is 44.5 Å². The second-order valence-electron chi connectivity index (χ2n) is 5.99. The van der Waals surface area contributed by atoms with Crippen molar-refractivity contribution in [3.8, 4) is 0 Å². The lowest BCUT2D eigenvalue weighted by Gasteiger charge is -2.22. The number of H-pyrrole nitrogens is 2. The molecule has 0 aliphatic heterocycles. The minimum absolute atomic E-state index is 0.0643. The maximum atomic E-state index is 13.6. The van der Waals surface area contributed by atoms with Crippen LogP contribution in [0.5, 0.6) is 0 Å². The molecule has 3 aromatic rings. The summed E-state index contributed by atoms with van der Waals surface area (Å²) in [6.45, 7) is 4.37. The van der Waals surface area contributed by atoms with Gasteiger partial charge in [0.1, 0.15) is 5.82 Å². The second-order valence-corrected chi connectivity index (χ2v) is 5.99. The quantitative estimate of drug-likeness (QED) is 0.637. The molecule has 0 bridgehead atoms. The highest BCUT2D eigenvalue weighted by molar-refractivity contribution is 6.09. The fourth-order valence-electron chi connectivity index (χ4n) is 3.13. The van der Waals surface area contributed by atoms with Crippen molar-refractivity contribution in [1.82, 2.24) is 15.2 Å². The first-order valence-corrected chi connectivity index (χ1v) is 6.40. The molecule has 0 spiro atoms. The van der Waals surface area contributed by atoms with Gasteiger partial charge in [0.05, 0.1) is 11.7 Å². The number of halogens is 1. The number of nitrogens with zero attached hydrogens (tertiary/aromatic N) is 1. The third-order valence-corrected chi connectivity index (χ3v) is 3.79. The number of aromatic nitrogens is 3. The molecule has 2 aromatic heterocycles. The molecule has 2 N–H and O–H groups in total. The summed E-state index contributed by atoms with van der Waals surface area (Å²) in [7, 11) is 0. The Balaban J connectivity index is 2.35. The Hall–Kier alpha value is -2.10. The molecule has 4 heteroatoms. The van der Waals surface area contributed by atoms with Crippen LogP contribution in [-0.2, 0) is 6.42 Å². The largest absolute Gasteiger partial charge is 0.355 e. The van der Waals surface area contributed by atoms with Gasteiger partial charge in [-0.25, -0.2) is 4.39 Å². The van der Waals surface area contributed by atoms with E-state index in [9.17, 15) is 4.39 Å². The van der Waals surface area contributed by atoms with Gasteiger partial charge in [0, 0.05) is 27.2 Å². The fourth-order valence-corrected chi connectivity index (χ4v) is 3.13. The van der Waals surface area contributed by atoms with Gasteiger partial charge in [-0.3, -0.25) is 5.10 Å². The SMILES string of the molecule is CC1(C)C=c2[nH]c3cc(F)cc4cn[nH]c(c2c43)C1. The molecule has 0 amide bonds. The summed E-state index contributed by atoms with van der Waals surface area (Å²) in [4.78, 5) is 3.33. The molecule has 1 aromatic carbocycles. The highest BCUT2D eigenvalue weighted by Gasteiger charge is 2.24. The van der Waals surface area contributed by atoms with E-state index in [-0.39, 0.29) is 11.2 Å². The number of hydrogen-bond acceptors (Lipinski definition) is 1. The van der Waals surface area contributed by atoms with Crippen LogP contribution >= 0.6 is 0 Å². The van der Waals surface area contributed by atoms with E-state index >= 15 is 0 Å². The van der Waals surface area contributed by atoms with Gasteiger partial charge < -0.3 is 4.98 Å². The fraction of sp³-hybridized carbons (Fsp3) is 0.267. The first-order chi connectivity index (χ1) is 9.03. The first kappa shape index (κ1) is 10.8. The van der Waals surface area contributed by atoms with Crippen LogP contribution in [0.25, 0.3) is 27.8 Å². The van der Waals surface area contributed by atoms with E-state index in [1.54, 1.807) is 12.3 Å². The molecular formula is C15H14FN3. The number of aromatic amines is 2. The molecule has 1 aliphatic carbocycles. The van der Waals surface area contributed by atoms with Crippen molar-refractivity contribution in [3.63, 3.8) is 0 Å². The van der Waals surface area contributed by atoms with Crippen molar-refractivity contribution in [1.29, 1.82) is 0 Å².